The van der Waals surface area contributed by atoms with Crippen molar-refractivity contribution < 1.29 is 8.42 Å². The Kier molecular flexibility index (Phi) is 4.38. The maximum Gasteiger partial charge on any atom is 0.214 e. The van der Waals surface area contributed by atoms with Crippen LogP contribution in [0.1, 0.15) is 45.4 Å². The standard InChI is InChI=1S/C10H21NO2S/c1-3-4-9-5-7-10(8-6-9)14(12,13)11-2/h9-11H,3-8H2,1-2H3. The minimum atomic E-state index is -3.01. The molecule has 0 aromatic rings. The molecule has 1 aliphatic carbocycles. The summed E-state index contributed by atoms with van der Waals surface area (Å²) in [4.78, 5) is 0. The van der Waals surface area contributed by atoms with Crippen molar-refractivity contribution in [2.75, 3.05) is 7.05 Å². The molecule has 1 rings (SSSR count). The van der Waals surface area contributed by atoms with E-state index in [1.54, 1.807) is 0 Å². The number of hydrogen-bond acceptors (Lipinski definition) is 2. The van der Waals surface area contributed by atoms with Crippen LogP contribution in [0.3, 0.4) is 0 Å². The summed E-state index contributed by atoms with van der Waals surface area (Å²) < 4.78 is 25.4. The third-order valence-corrected chi connectivity index (χ3v) is 5.13. The summed E-state index contributed by atoms with van der Waals surface area (Å²) in [5, 5.41) is -0.138. The first kappa shape index (κ1) is 12.0. The summed E-state index contributed by atoms with van der Waals surface area (Å²) >= 11 is 0. The fraction of sp³-hybridized carbons (Fsp3) is 1.00. The molecule has 1 saturated carbocycles. The summed E-state index contributed by atoms with van der Waals surface area (Å²) in [5.41, 5.74) is 0. The predicted octanol–water partition coefficient (Wildman–Crippen LogP) is 1.89. The highest BCUT2D eigenvalue weighted by molar-refractivity contribution is 7.90. The van der Waals surface area contributed by atoms with Crippen LogP contribution in [0.4, 0.5) is 0 Å². The number of rotatable bonds is 4. The molecule has 1 aliphatic rings. The van der Waals surface area contributed by atoms with Crippen molar-refractivity contribution in [1.82, 2.24) is 4.72 Å². The van der Waals surface area contributed by atoms with Gasteiger partial charge in [-0.25, -0.2) is 13.1 Å². The average Bonchev–Trinajstić information content (AvgIpc) is 2.19. The van der Waals surface area contributed by atoms with Crippen molar-refractivity contribution in [3.8, 4) is 0 Å². The van der Waals surface area contributed by atoms with Crippen molar-refractivity contribution >= 4 is 10.0 Å². The second-order valence-electron chi connectivity index (χ2n) is 4.18. The summed E-state index contributed by atoms with van der Waals surface area (Å²) in [6.45, 7) is 2.19. The quantitative estimate of drug-likeness (QED) is 0.785. The average molecular weight is 219 g/mol. The van der Waals surface area contributed by atoms with Gasteiger partial charge in [0.1, 0.15) is 0 Å². The molecule has 0 heterocycles. The molecular formula is C10H21NO2S. The van der Waals surface area contributed by atoms with Gasteiger partial charge in [0.2, 0.25) is 10.0 Å². The van der Waals surface area contributed by atoms with Crippen LogP contribution in [0.2, 0.25) is 0 Å². The summed E-state index contributed by atoms with van der Waals surface area (Å²) in [6.07, 6.45) is 6.32. The van der Waals surface area contributed by atoms with Gasteiger partial charge in [0.05, 0.1) is 5.25 Å². The SMILES string of the molecule is CCCC1CCC(S(=O)(=O)NC)CC1. The highest BCUT2D eigenvalue weighted by Crippen LogP contribution is 2.30. The molecule has 0 aliphatic heterocycles. The van der Waals surface area contributed by atoms with E-state index in [-0.39, 0.29) is 5.25 Å². The molecule has 0 radical (unpaired) electrons. The van der Waals surface area contributed by atoms with Crippen molar-refractivity contribution in [2.24, 2.45) is 5.92 Å². The van der Waals surface area contributed by atoms with E-state index < -0.39 is 10.0 Å². The first-order valence-corrected chi connectivity index (χ1v) is 7.07. The van der Waals surface area contributed by atoms with E-state index in [1.807, 2.05) is 0 Å². The fourth-order valence-electron chi connectivity index (χ4n) is 2.31. The largest absolute Gasteiger partial charge is 0.218 e. The Bertz CT molecular complexity index is 253. The van der Waals surface area contributed by atoms with Crippen LogP contribution in [0, 0.1) is 5.92 Å². The van der Waals surface area contributed by atoms with Crippen LogP contribution < -0.4 is 4.72 Å². The van der Waals surface area contributed by atoms with Gasteiger partial charge in [-0.3, -0.25) is 0 Å². The highest BCUT2D eigenvalue weighted by atomic mass is 32.2. The summed E-state index contributed by atoms with van der Waals surface area (Å²) in [5.74, 6) is 0.767. The molecule has 84 valence electrons. The lowest BCUT2D eigenvalue weighted by molar-refractivity contribution is 0.335. The van der Waals surface area contributed by atoms with Gasteiger partial charge in [0.25, 0.3) is 0 Å². The molecule has 1 fully saturated rings. The van der Waals surface area contributed by atoms with Crippen LogP contribution in [0.15, 0.2) is 0 Å². The third-order valence-electron chi connectivity index (χ3n) is 3.21. The van der Waals surface area contributed by atoms with Gasteiger partial charge in [0.15, 0.2) is 0 Å². The lowest BCUT2D eigenvalue weighted by atomic mass is 9.86. The Morgan fingerprint density at radius 1 is 1.21 bits per heavy atom. The Balaban J connectivity index is 2.43. The number of nitrogens with one attached hydrogen (secondary N) is 1. The lowest BCUT2D eigenvalue weighted by Gasteiger charge is -2.27. The molecule has 1 N–H and O–H groups in total. The van der Waals surface area contributed by atoms with Gasteiger partial charge in [-0.2, -0.15) is 0 Å². The monoisotopic (exact) mass is 219 g/mol. The van der Waals surface area contributed by atoms with E-state index in [4.69, 9.17) is 0 Å². The Morgan fingerprint density at radius 3 is 2.21 bits per heavy atom. The van der Waals surface area contributed by atoms with Gasteiger partial charge < -0.3 is 0 Å². The zero-order valence-corrected chi connectivity index (χ0v) is 9.94. The first-order chi connectivity index (χ1) is 6.60. The molecule has 3 nitrogen and oxygen atoms in total. The molecule has 0 aromatic carbocycles. The molecule has 0 saturated heterocycles. The summed E-state index contributed by atoms with van der Waals surface area (Å²) in [6, 6.07) is 0. The normalized spacial score (nSPS) is 29.0. The maximum absolute atomic E-state index is 11.5. The smallest absolute Gasteiger partial charge is 0.214 e. The van der Waals surface area contributed by atoms with E-state index in [1.165, 1.54) is 19.9 Å². The molecule has 0 bridgehead atoms. The maximum atomic E-state index is 11.5. The molecule has 0 spiro atoms. The van der Waals surface area contributed by atoms with Crippen molar-refractivity contribution in [3.05, 3.63) is 0 Å². The Labute approximate surface area is 87.3 Å². The van der Waals surface area contributed by atoms with Crippen molar-refractivity contribution in [1.29, 1.82) is 0 Å². The molecule has 0 atom stereocenters. The minimum Gasteiger partial charge on any atom is -0.218 e. The third kappa shape index (κ3) is 2.95. The zero-order chi connectivity index (χ0) is 10.6. The first-order valence-electron chi connectivity index (χ1n) is 5.52. The Hall–Kier alpha value is -0.0900. The molecular weight excluding hydrogens is 198 g/mol. The molecule has 0 unspecified atom stereocenters. The molecule has 0 aromatic heterocycles. The van der Waals surface area contributed by atoms with Gasteiger partial charge in [-0.05, 0) is 38.6 Å². The van der Waals surface area contributed by atoms with Crippen molar-refractivity contribution in [3.63, 3.8) is 0 Å². The van der Waals surface area contributed by atoms with E-state index in [0.717, 1.165) is 31.6 Å². The van der Waals surface area contributed by atoms with Gasteiger partial charge in [-0.15, -0.1) is 0 Å². The second-order valence-corrected chi connectivity index (χ2v) is 6.35. The van der Waals surface area contributed by atoms with Gasteiger partial charge in [0, 0.05) is 0 Å². The van der Waals surface area contributed by atoms with Crippen LogP contribution in [-0.2, 0) is 10.0 Å². The summed E-state index contributed by atoms with van der Waals surface area (Å²) in [7, 11) is -1.50. The van der Waals surface area contributed by atoms with Crippen LogP contribution in [0.25, 0.3) is 0 Å². The van der Waals surface area contributed by atoms with E-state index in [0.29, 0.717) is 0 Å². The molecule has 0 amide bonds. The number of sulfonamides is 1. The van der Waals surface area contributed by atoms with E-state index in [2.05, 4.69) is 11.6 Å². The van der Waals surface area contributed by atoms with Crippen molar-refractivity contribution in [2.45, 2.75) is 50.7 Å². The van der Waals surface area contributed by atoms with Gasteiger partial charge >= 0.3 is 0 Å². The lowest BCUT2D eigenvalue weighted by Crippen LogP contribution is -2.34. The van der Waals surface area contributed by atoms with Crippen LogP contribution in [0.5, 0.6) is 0 Å². The molecule has 4 heteroatoms. The number of hydrogen-bond donors (Lipinski definition) is 1. The van der Waals surface area contributed by atoms with Gasteiger partial charge in [-0.1, -0.05) is 19.8 Å². The second kappa shape index (κ2) is 5.12. The highest BCUT2D eigenvalue weighted by Gasteiger charge is 2.29. The minimum absolute atomic E-state index is 0.138. The fourth-order valence-corrected chi connectivity index (χ4v) is 3.53. The predicted molar refractivity (Wildman–Crippen MR) is 58.6 cm³/mol. The van der Waals surface area contributed by atoms with Crippen LogP contribution in [-0.4, -0.2) is 20.7 Å². The van der Waals surface area contributed by atoms with E-state index >= 15 is 0 Å². The Morgan fingerprint density at radius 2 is 1.79 bits per heavy atom. The topological polar surface area (TPSA) is 46.2 Å². The van der Waals surface area contributed by atoms with E-state index in [9.17, 15) is 8.42 Å². The van der Waals surface area contributed by atoms with Crippen LogP contribution >= 0.6 is 0 Å². The zero-order valence-electron chi connectivity index (χ0n) is 9.12. The molecule has 14 heavy (non-hydrogen) atoms.